The summed E-state index contributed by atoms with van der Waals surface area (Å²) in [5.41, 5.74) is 2.27. The Morgan fingerprint density at radius 3 is 2.63 bits per heavy atom. The van der Waals surface area contributed by atoms with Gasteiger partial charge in [0.15, 0.2) is 0 Å². The minimum absolute atomic E-state index is 0.0507. The molecule has 0 bridgehead atoms. The highest BCUT2D eigenvalue weighted by molar-refractivity contribution is 5.54. The lowest BCUT2D eigenvalue weighted by Crippen LogP contribution is -2.23. The first-order valence-corrected chi connectivity index (χ1v) is 5.96. The molecule has 0 aliphatic carbocycles. The van der Waals surface area contributed by atoms with Crippen molar-refractivity contribution >= 4 is 17.3 Å². The van der Waals surface area contributed by atoms with Crippen LogP contribution in [0.25, 0.3) is 0 Å². The Morgan fingerprint density at radius 2 is 2.11 bits per heavy atom. The van der Waals surface area contributed by atoms with Crippen LogP contribution in [0, 0.1) is 10.1 Å². The van der Waals surface area contributed by atoms with Gasteiger partial charge in [-0.3, -0.25) is 10.1 Å². The highest BCUT2D eigenvalue weighted by Crippen LogP contribution is 2.20. The third-order valence-electron chi connectivity index (χ3n) is 2.57. The molecule has 0 amide bonds. The highest BCUT2D eigenvalue weighted by atomic mass is 16.6. The van der Waals surface area contributed by atoms with Gasteiger partial charge in [-0.25, -0.2) is 10.8 Å². The quantitative estimate of drug-likeness (QED) is 0.385. The van der Waals surface area contributed by atoms with Crippen LogP contribution in [0.15, 0.2) is 12.1 Å². The fraction of sp³-hybridized carbons (Fsp3) is 0.545. The Kier molecular flexibility index (Phi) is 5.46. The molecule has 0 aromatic carbocycles. The fourth-order valence-electron chi connectivity index (χ4n) is 1.55. The Bertz CT molecular complexity index is 437. The maximum atomic E-state index is 10.8. The lowest BCUT2D eigenvalue weighted by atomic mass is 10.2. The van der Waals surface area contributed by atoms with E-state index < -0.39 is 4.92 Å². The predicted molar refractivity (Wildman–Crippen MR) is 75.0 cm³/mol. The second-order valence-electron chi connectivity index (χ2n) is 4.63. The van der Waals surface area contributed by atoms with E-state index in [-0.39, 0.29) is 17.5 Å². The minimum Gasteiger partial charge on any atom is -0.367 e. The van der Waals surface area contributed by atoms with Gasteiger partial charge in [0.05, 0.1) is 17.1 Å². The number of nitrogens with two attached hydrogens (primary N) is 1. The van der Waals surface area contributed by atoms with Crippen LogP contribution in [0.5, 0.6) is 0 Å². The lowest BCUT2D eigenvalue weighted by Gasteiger charge is -2.17. The van der Waals surface area contributed by atoms with Crippen LogP contribution in [0.1, 0.15) is 13.3 Å². The standard InChI is InChI=1S/C11H20N6O2/c1-8(4-5-16(2)3)13-10-6-9(17(18)19)7-11(14-10)15-12/h6-8H,4-5,12H2,1-3H3,(H2,13,14,15). The maximum absolute atomic E-state index is 10.8. The number of rotatable bonds is 7. The molecule has 1 rings (SSSR count). The number of aromatic nitrogens is 1. The van der Waals surface area contributed by atoms with Crippen LogP contribution in [0.2, 0.25) is 0 Å². The van der Waals surface area contributed by atoms with Crippen LogP contribution in [-0.4, -0.2) is 41.5 Å². The topological polar surface area (TPSA) is 109 Å². The fourth-order valence-corrected chi connectivity index (χ4v) is 1.55. The number of hydrazine groups is 1. The smallest absolute Gasteiger partial charge is 0.276 e. The number of nitrogens with zero attached hydrogens (tertiary/aromatic N) is 3. The predicted octanol–water partition coefficient (Wildman–Crippen LogP) is 1.03. The minimum atomic E-state index is -0.474. The largest absolute Gasteiger partial charge is 0.367 e. The molecule has 8 nitrogen and oxygen atoms in total. The first-order valence-electron chi connectivity index (χ1n) is 5.96. The molecule has 19 heavy (non-hydrogen) atoms. The Hall–Kier alpha value is -1.93. The van der Waals surface area contributed by atoms with Crippen molar-refractivity contribution < 1.29 is 4.92 Å². The summed E-state index contributed by atoms with van der Waals surface area (Å²) in [5.74, 6) is 5.95. The molecule has 0 saturated carbocycles. The van der Waals surface area contributed by atoms with Crippen molar-refractivity contribution in [2.24, 2.45) is 5.84 Å². The van der Waals surface area contributed by atoms with E-state index in [9.17, 15) is 10.1 Å². The van der Waals surface area contributed by atoms with Gasteiger partial charge in [-0.15, -0.1) is 0 Å². The van der Waals surface area contributed by atoms with E-state index in [0.717, 1.165) is 13.0 Å². The van der Waals surface area contributed by atoms with Crippen LogP contribution in [0.4, 0.5) is 17.3 Å². The summed E-state index contributed by atoms with van der Waals surface area (Å²) in [7, 11) is 3.99. The SMILES string of the molecule is CC(CCN(C)C)Nc1cc([N+](=O)[O-])cc(NN)n1. The number of pyridine rings is 1. The molecule has 1 heterocycles. The molecule has 4 N–H and O–H groups in total. The molecule has 8 heteroatoms. The van der Waals surface area contributed by atoms with Crippen molar-refractivity contribution in [1.82, 2.24) is 9.88 Å². The zero-order chi connectivity index (χ0) is 14.4. The van der Waals surface area contributed by atoms with Gasteiger partial charge in [0.1, 0.15) is 11.6 Å². The number of hydrogen-bond donors (Lipinski definition) is 3. The number of hydrogen-bond acceptors (Lipinski definition) is 7. The Labute approximate surface area is 112 Å². The average molecular weight is 268 g/mol. The van der Waals surface area contributed by atoms with E-state index in [1.165, 1.54) is 12.1 Å². The van der Waals surface area contributed by atoms with Crippen LogP contribution in [-0.2, 0) is 0 Å². The molecule has 0 radical (unpaired) electrons. The molecule has 0 fully saturated rings. The molecule has 1 aromatic heterocycles. The number of nitrogen functional groups attached to an aromatic ring is 1. The summed E-state index contributed by atoms with van der Waals surface area (Å²) in [6.45, 7) is 2.92. The zero-order valence-corrected chi connectivity index (χ0v) is 11.4. The molecule has 0 aliphatic heterocycles. The number of anilines is 2. The number of nitro groups is 1. The first-order chi connectivity index (χ1) is 8.92. The summed E-state index contributed by atoms with van der Waals surface area (Å²) in [6.07, 6.45) is 0.906. The van der Waals surface area contributed by atoms with Crippen LogP contribution < -0.4 is 16.6 Å². The van der Waals surface area contributed by atoms with E-state index in [2.05, 4.69) is 20.6 Å². The second kappa shape index (κ2) is 6.86. The van der Waals surface area contributed by atoms with E-state index in [1.807, 2.05) is 21.0 Å². The monoisotopic (exact) mass is 268 g/mol. The second-order valence-corrected chi connectivity index (χ2v) is 4.63. The van der Waals surface area contributed by atoms with Gasteiger partial charge in [0, 0.05) is 6.04 Å². The lowest BCUT2D eigenvalue weighted by molar-refractivity contribution is -0.384. The van der Waals surface area contributed by atoms with Crippen LogP contribution >= 0.6 is 0 Å². The maximum Gasteiger partial charge on any atom is 0.276 e. The molecule has 0 saturated heterocycles. The summed E-state index contributed by atoms with van der Waals surface area (Å²) in [4.78, 5) is 16.5. The van der Waals surface area contributed by atoms with Crippen molar-refractivity contribution in [3.63, 3.8) is 0 Å². The zero-order valence-electron chi connectivity index (χ0n) is 11.4. The van der Waals surface area contributed by atoms with Crippen molar-refractivity contribution in [3.8, 4) is 0 Å². The molecule has 1 aromatic rings. The first kappa shape index (κ1) is 15.1. The van der Waals surface area contributed by atoms with Crippen LogP contribution in [0.3, 0.4) is 0 Å². The Morgan fingerprint density at radius 1 is 1.47 bits per heavy atom. The molecule has 1 atom stereocenters. The summed E-state index contributed by atoms with van der Waals surface area (Å²) < 4.78 is 0. The van der Waals surface area contributed by atoms with Crippen molar-refractivity contribution in [2.45, 2.75) is 19.4 Å². The summed E-state index contributed by atoms with van der Waals surface area (Å²) >= 11 is 0. The average Bonchev–Trinajstić information content (AvgIpc) is 2.35. The number of nitrogens with one attached hydrogen (secondary N) is 2. The van der Waals surface area contributed by atoms with Crippen molar-refractivity contribution in [2.75, 3.05) is 31.4 Å². The van der Waals surface area contributed by atoms with E-state index in [0.29, 0.717) is 5.82 Å². The van der Waals surface area contributed by atoms with Gasteiger partial charge in [-0.05, 0) is 34.0 Å². The Balaban J connectivity index is 2.76. The van der Waals surface area contributed by atoms with Gasteiger partial charge >= 0.3 is 0 Å². The van der Waals surface area contributed by atoms with Gasteiger partial charge in [0.25, 0.3) is 5.69 Å². The van der Waals surface area contributed by atoms with Gasteiger partial charge in [-0.1, -0.05) is 0 Å². The highest BCUT2D eigenvalue weighted by Gasteiger charge is 2.12. The third-order valence-corrected chi connectivity index (χ3v) is 2.57. The molecule has 0 spiro atoms. The van der Waals surface area contributed by atoms with E-state index in [4.69, 9.17) is 5.84 Å². The van der Waals surface area contributed by atoms with Gasteiger partial charge < -0.3 is 15.6 Å². The summed E-state index contributed by atoms with van der Waals surface area (Å²) in [6, 6.07) is 2.84. The molecule has 106 valence electrons. The molecular formula is C11H20N6O2. The van der Waals surface area contributed by atoms with Crippen molar-refractivity contribution in [1.29, 1.82) is 0 Å². The summed E-state index contributed by atoms with van der Waals surface area (Å²) in [5, 5.41) is 13.9. The molecular weight excluding hydrogens is 248 g/mol. The molecule has 1 unspecified atom stereocenters. The normalized spacial score (nSPS) is 12.3. The van der Waals surface area contributed by atoms with E-state index >= 15 is 0 Å². The van der Waals surface area contributed by atoms with E-state index in [1.54, 1.807) is 0 Å². The van der Waals surface area contributed by atoms with Crippen molar-refractivity contribution in [3.05, 3.63) is 22.2 Å². The van der Waals surface area contributed by atoms with Gasteiger partial charge in [0.2, 0.25) is 0 Å². The van der Waals surface area contributed by atoms with Gasteiger partial charge in [-0.2, -0.15) is 0 Å². The molecule has 0 aliphatic rings. The third kappa shape index (κ3) is 5.06.